The van der Waals surface area contributed by atoms with Gasteiger partial charge in [0.05, 0.1) is 12.8 Å². The fourth-order valence-corrected chi connectivity index (χ4v) is 2.67. The van der Waals surface area contributed by atoms with Crippen LogP contribution in [0, 0.1) is 0 Å². The van der Waals surface area contributed by atoms with E-state index in [9.17, 15) is 32.1 Å². The van der Waals surface area contributed by atoms with Gasteiger partial charge in [-0.25, -0.2) is 13.2 Å². The van der Waals surface area contributed by atoms with E-state index in [4.69, 9.17) is 0 Å². The third-order valence-electron chi connectivity index (χ3n) is 3.52. The van der Waals surface area contributed by atoms with Gasteiger partial charge in [-0.15, -0.1) is 5.06 Å². The first-order valence-corrected chi connectivity index (χ1v) is 8.72. The van der Waals surface area contributed by atoms with Crippen molar-refractivity contribution in [2.45, 2.75) is 43.5 Å². The monoisotopic (exact) mass is 398 g/mol. The van der Waals surface area contributed by atoms with Gasteiger partial charge in [0.25, 0.3) is 11.8 Å². The molecule has 0 saturated carbocycles. The van der Waals surface area contributed by atoms with Crippen LogP contribution in [0.2, 0.25) is 0 Å². The van der Waals surface area contributed by atoms with Crippen LogP contribution in [0.3, 0.4) is 0 Å². The molecule has 1 N–H and O–H groups in total. The van der Waals surface area contributed by atoms with Crippen molar-refractivity contribution in [1.29, 1.82) is 0 Å². The molecule has 1 unspecified atom stereocenters. The van der Waals surface area contributed by atoms with Crippen LogP contribution < -0.4 is 34.9 Å². The fraction of sp³-hybridized carbons (Fsp3) is 0.667. The van der Waals surface area contributed by atoms with Crippen molar-refractivity contribution in [2.75, 3.05) is 6.54 Å². The molecule has 3 amide bonds. The van der Waals surface area contributed by atoms with E-state index in [1.54, 1.807) is 6.92 Å². The maximum absolute atomic E-state index is 11.6. The number of imide groups is 1. The average molecular weight is 398 g/mol. The molecular formula is C12H15N4NaO8S. The number of hydroxylamine groups is 2. The van der Waals surface area contributed by atoms with Gasteiger partial charge in [-0.3, -0.25) is 14.4 Å². The number of nitrogens with zero attached hydrogens (tertiary/aromatic N) is 3. The van der Waals surface area contributed by atoms with Gasteiger partial charge >= 0.3 is 35.5 Å². The summed E-state index contributed by atoms with van der Waals surface area (Å²) < 4.78 is 32.5. The van der Waals surface area contributed by atoms with Crippen molar-refractivity contribution >= 4 is 33.8 Å². The quantitative estimate of drug-likeness (QED) is 0.242. The smallest absolute Gasteiger partial charge is 0.747 e. The number of carbonyl (C=O) groups is 4. The normalized spacial score (nSPS) is 20.5. The number of hydrogen-bond acceptors (Lipinski definition) is 10. The van der Waals surface area contributed by atoms with E-state index >= 15 is 0 Å². The molecule has 0 spiro atoms. The summed E-state index contributed by atoms with van der Waals surface area (Å²) in [5.74, 6) is -3.87. The zero-order chi connectivity index (χ0) is 18.8. The van der Waals surface area contributed by atoms with Gasteiger partial charge in [-0.1, -0.05) is 0 Å². The van der Waals surface area contributed by atoms with E-state index in [1.165, 1.54) is 0 Å². The Morgan fingerprint density at radius 2 is 1.96 bits per heavy atom. The SMILES string of the molecule is CC1(CCC(=O)NCCC(=O)ON2C(=O)CC(S(=O)(=O)[O-])C2=O)N=N1.[Na+]. The summed E-state index contributed by atoms with van der Waals surface area (Å²) in [4.78, 5) is 50.7. The maximum atomic E-state index is 11.6. The number of amides is 3. The average Bonchev–Trinajstić information content (AvgIpc) is 3.17. The van der Waals surface area contributed by atoms with Gasteiger partial charge < -0.3 is 14.7 Å². The molecule has 2 aliphatic rings. The molecule has 2 heterocycles. The van der Waals surface area contributed by atoms with Gasteiger partial charge in [-0.05, 0) is 6.92 Å². The first-order chi connectivity index (χ1) is 11.5. The minimum atomic E-state index is -5.02. The Kier molecular flexibility index (Phi) is 7.42. The minimum absolute atomic E-state index is 0. The van der Waals surface area contributed by atoms with Gasteiger partial charge in [-0.2, -0.15) is 10.2 Å². The summed E-state index contributed by atoms with van der Waals surface area (Å²) in [5.41, 5.74) is -0.509. The van der Waals surface area contributed by atoms with E-state index in [0.717, 1.165) is 0 Å². The second-order valence-corrected chi connectivity index (χ2v) is 7.25. The van der Waals surface area contributed by atoms with Crippen LogP contribution >= 0.6 is 0 Å². The number of carbonyl (C=O) groups excluding carboxylic acids is 4. The second-order valence-electron chi connectivity index (χ2n) is 5.69. The summed E-state index contributed by atoms with van der Waals surface area (Å²) in [6, 6.07) is 0. The summed E-state index contributed by atoms with van der Waals surface area (Å²) >= 11 is 0. The van der Waals surface area contributed by atoms with Crippen LogP contribution in [0.4, 0.5) is 0 Å². The standard InChI is InChI=1S/C12H16N4O8S.Na/c1-12(14-15-12)4-2-8(17)13-5-3-10(19)24-16-9(18)6-7(11(16)20)25(21,22)23;/h7H,2-6H2,1H3,(H,13,17)(H,21,22,23);/q;+1/p-1. The van der Waals surface area contributed by atoms with Crippen molar-refractivity contribution in [3.63, 3.8) is 0 Å². The zero-order valence-electron chi connectivity index (χ0n) is 14.1. The molecule has 0 aliphatic carbocycles. The number of hydrogen-bond donors (Lipinski definition) is 1. The van der Waals surface area contributed by atoms with Crippen LogP contribution in [0.25, 0.3) is 0 Å². The molecule has 0 aromatic carbocycles. The van der Waals surface area contributed by atoms with Crippen LogP contribution in [0.5, 0.6) is 0 Å². The predicted molar refractivity (Wildman–Crippen MR) is 76.2 cm³/mol. The van der Waals surface area contributed by atoms with E-state index in [2.05, 4.69) is 20.4 Å². The van der Waals surface area contributed by atoms with Gasteiger partial charge in [0, 0.05) is 19.4 Å². The molecule has 1 saturated heterocycles. The molecule has 0 bridgehead atoms. The van der Waals surface area contributed by atoms with Gasteiger partial charge in [0.2, 0.25) is 5.91 Å². The Balaban J connectivity index is 0.00000338. The molecule has 2 aliphatic heterocycles. The predicted octanol–water partition coefficient (Wildman–Crippen LogP) is -4.41. The Morgan fingerprint density at radius 3 is 2.46 bits per heavy atom. The Morgan fingerprint density at radius 1 is 1.35 bits per heavy atom. The first kappa shape index (κ1) is 22.6. The molecule has 14 heteroatoms. The van der Waals surface area contributed by atoms with Crippen molar-refractivity contribution in [1.82, 2.24) is 10.4 Å². The number of rotatable bonds is 8. The fourth-order valence-electron chi connectivity index (χ4n) is 1.98. The van der Waals surface area contributed by atoms with Crippen LogP contribution in [0.15, 0.2) is 10.2 Å². The Hall–Kier alpha value is -1.41. The number of nitrogens with one attached hydrogen (secondary N) is 1. The molecule has 0 aromatic rings. The minimum Gasteiger partial charge on any atom is -0.747 e. The molecule has 0 aromatic heterocycles. The van der Waals surface area contributed by atoms with Crippen molar-refractivity contribution in [2.24, 2.45) is 10.2 Å². The molecule has 138 valence electrons. The van der Waals surface area contributed by atoms with Crippen molar-refractivity contribution in [3.8, 4) is 0 Å². The van der Waals surface area contributed by atoms with E-state index in [1.807, 2.05) is 0 Å². The van der Waals surface area contributed by atoms with Crippen molar-refractivity contribution in [3.05, 3.63) is 0 Å². The molecule has 1 atom stereocenters. The van der Waals surface area contributed by atoms with Gasteiger partial charge in [0.15, 0.2) is 5.66 Å². The molecule has 0 radical (unpaired) electrons. The van der Waals surface area contributed by atoms with Crippen LogP contribution in [-0.2, 0) is 34.1 Å². The molecule has 1 fully saturated rings. The van der Waals surface area contributed by atoms with E-state index < -0.39 is 45.2 Å². The first-order valence-electron chi connectivity index (χ1n) is 7.25. The van der Waals surface area contributed by atoms with Crippen LogP contribution in [-0.4, -0.2) is 59.2 Å². The summed E-state index contributed by atoms with van der Waals surface area (Å²) in [6.07, 6.45) is -0.636. The van der Waals surface area contributed by atoms with E-state index in [0.29, 0.717) is 6.42 Å². The molecule has 26 heavy (non-hydrogen) atoms. The summed E-state index contributed by atoms with van der Waals surface area (Å²) in [5, 5.41) is 7.81. The third-order valence-corrected chi connectivity index (χ3v) is 4.59. The van der Waals surface area contributed by atoms with E-state index in [-0.39, 0.29) is 59.9 Å². The molecular weight excluding hydrogens is 383 g/mol. The summed E-state index contributed by atoms with van der Waals surface area (Å²) in [7, 11) is -5.02. The topological polar surface area (TPSA) is 175 Å². The molecule has 12 nitrogen and oxygen atoms in total. The van der Waals surface area contributed by atoms with Crippen LogP contribution in [0.1, 0.15) is 32.6 Å². The third kappa shape index (κ3) is 6.09. The second kappa shape index (κ2) is 8.52. The Labute approximate surface area is 170 Å². The largest absolute Gasteiger partial charge is 1.00 e. The van der Waals surface area contributed by atoms with Gasteiger partial charge in [0.1, 0.15) is 15.4 Å². The maximum Gasteiger partial charge on any atom is 1.00 e. The molecule has 2 rings (SSSR count). The zero-order valence-corrected chi connectivity index (χ0v) is 16.9. The Bertz CT molecular complexity index is 746. The van der Waals surface area contributed by atoms with Crippen molar-refractivity contribution < 1.29 is 66.5 Å². The summed E-state index contributed by atoms with van der Waals surface area (Å²) in [6.45, 7) is 1.65.